The summed E-state index contributed by atoms with van der Waals surface area (Å²) in [6.45, 7) is 0.959. The molecule has 1 aromatic heterocycles. The van der Waals surface area contributed by atoms with E-state index in [9.17, 15) is 0 Å². The van der Waals surface area contributed by atoms with Crippen LogP contribution in [0.25, 0.3) is 10.9 Å². The average molecular weight is 235 g/mol. The molecule has 2 aromatic rings. The lowest BCUT2D eigenvalue weighted by Gasteiger charge is -2.08. The van der Waals surface area contributed by atoms with Crippen LogP contribution in [0.2, 0.25) is 0 Å². The van der Waals surface area contributed by atoms with E-state index in [1.54, 1.807) is 0 Å². The van der Waals surface area contributed by atoms with Crippen molar-refractivity contribution < 1.29 is 0 Å². The van der Waals surface area contributed by atoms with Crippen molar-refractivity contribution in [2.75, 3.05) is 17.7 Å². The second kappa shape index (κ2) is 5.71. The van der Waals surface area contributed by atoms with Crippen molar-refractivity contribution in [2.24, 2.45) is 0 Å². The molecule has 0 atom stereocenters. The molecule has 0 aliphatic heterocycles. The zero-order valence-electron chi connectivity index (χ0n) is 9.12. The van der Waals surface area contributed by atoms with Crippen LogP contribution in [-0.2, 0) is 0 Å². The van der Waals surface area contributed by atoms with E-state index in [4.69, 9.17) is 11.6 Å². The number of pyridine rings is 1. The molecule has 1 N–H and O–H groups in total. The fourth-order valence-corrected chi connectivity index (χ4v) is 1.88. The Morgan fingerprint density at radius 2 is 2.00 bits per heavy atom. The molecule has 0 bridgehead atoms. The summed E-state index contributed by atoms with van der Waals surface area (Å²) in [4.78, 5) is 4.33. The molecule has 3 heteroatoms. The van der Waals surface area contributed by atoms with Gasteiger partial charge in [-0.15, -0.1) is 11.6 Å². The van der Waals surface area contributed by atoms with Gasteiger partial charge in [-0.1, -0.05) is 18.2 Å². The van der Waals surface area contributed by atoms with Crippen molar-refractivity contribution in [3.8, 4) is 0 Å². The molecule has 84 valence electrons. The molecule has 0 aliphatic carbocycles. The molecular weight excluding hydrogens is 220 g/mol. The second-order valence-electron chi connectivity index (χ2n) is 3.70. The van der Waals surface area contributed by atoms with Gasteiger partial charge in [0.1, 0.15) is 0 Å². The monoisotopic (exact) mass is 234 g/mol. The lowest BCUT2D eigenvalue weighted by atomic mass is 10.2. The molecule has 0 spiro atoms. The van der Waals surface area contributed by atoms with Crippen LogP contribution in [0, 0.1) is 0 Å². The van der Waals surface area contributed by atoms with Gasteiger partial charge in [-0.3, -0.25) is 4.98 Å². The number of aromatic nitrogens is 1. The van der Waals surface area contributed by atoms with Gasteiger partial charge in [-0.2, -0.15) is 0 Å². The molecule has 0 aliphatic rings. The topological polar surface area (TPSA) is 24.9 Å². The molecular formula is C13H15ClN2. The minimum Gasteiger partial charge on any atom is -0.384 e. The van der Waals surface area contributed by atoms with Gasteiger partial charge >= 0.3 is 0 Å². The lowest BCUT2D eigenvalue weighted by molar-refractivity contribution is 0.840. The number of benzene rings is 1. The Balaban J connectivity index is 2.11. The Morgan fingerprint density at radius 1 is 1.12 bits per heavy atom. The standard InChI is InChI=1S/C13H15ClN2/c14-8-3-4-9-15-13-7-10-16-12-6-2-1-5-11(12)13/h1-2,5-7,10H,3-4,8-9H2,(H,15,16). The molecule has 16 heavy (non-hydrogen) atoms. The number of para-hydroxylation sites is 1. The van der Waals surface area contributed by atoms with E-state index in [0.29, 0.717) is 0 Å². The Kier molecular flexibility index (Phi) is 4.00. The molecule has 0 radical (unpaired) electrons. The number of fused-ring (bicyclic) bond motifs is 1. The third-order valence-electron chi connectivity index (χ3n) is 2.52. The van der Waals surface area contributed by atoms with Crippen molar-refractivity contribution in [3.05, 3.63) is 36.5 Å². The van der Waals surface area contributed by atoms with E-state index in [2.05, 4.69) is 16.4 Å². The minimum atomic E-state index is 0.735. The number of hydrogen-bond acceptors (Lipinski definition) is 2. The summed E-state index contributed by atoms with van der Waals surface area (Å²) in [6, 6.07) is 10.2. The summed E-state index contributed by atoms with van der Waals surface area (Å²) in [5.74, 6) is 0.735. The average Bonchev–Trinajstić information content (AvgIpc) is 2.35. The third kappa shape index (κ3) is 2.64. The van der Waals surface area contributed by atoms with Crippen LogP contribution >= 0.6 is 11.6 Å². The van der Waals surface area contributed by atoms with E-state index >= 15 is 0 Å². The highest BCUT2D eigenvalue weighted by Crippen LogP contribution is 2.20. The van der Waals surface area contributed by atoms with Gasteiger partial charge in [0.15, 0.2) is 0 Å². The SMILES string of the molecule is ClCCCCNc1ccnc2ccccc12. The molecule has 1 heterocycles. The first-order chi connectivity index (χ1) is 7.92. The van der Waals surface area contributed by atoms with Gasteiger partial charge in [-0.25, -0.2) is 0 Å². The first-order valence-electron chi connectivity index (χ1n) is 5.55. The lowest BCUT2D eigenvalue weighted by Crippen LogP contribution is -2.02. The number of anilines is 1. The smallest absolute Gasteiger partial charge is 0.0722 e. The van der Waals surface area contributed by atoms with E-state index < -0.39 is 0 Å². The predicted molar refractivity (Wildman–Crippen MR) is 70.2 cm³/mol. The van der Waals surface area contributed by atoms with Crippen molar-refractivity contribution >= 4 is 28.2 Å². The summed E-state index contributed by atoms with van der Waals surface area (Å²) in [6.07, 6.45) is 3.99. The Hall–Kier alpha value is -1.28. The maximum Gasteiger partial charge on any atom is 0.0722 e. The molecule has 0 unspecified atom stereocenters. The fourth-order valence-electron chi connectivity index (χ4n) is 1.69. The van der Waals surface area contributed by atoms with E-state index in [1.807, 2.05) is 30.5 Å². The molecule has 2 nitrogen and oxygen atoms in total. The minimum absolute atomic E-state index is 0.735. The second-order valence-corrected chi connectivity index (χ2v) is 4.08. The van der Waals surface area contributed by atoms with Crippen LogP contribution in [-0.4, -0.2) is 17.4 Å². The van der Waals surface area contributed by atoms with Gasteiger partial charge in [-0.05, 0) is 25.0 Å². The largest absolute Gasteiger partial charge is 0.384 e. The molecule has 2 rings (SSSR count). The van der Waals surface area contributed by atoms with Crippen LogP contribution < -0.4 is 5.32 Å². The highest BCUT2D eigenvalue weighted by Gasteiger charge is 1.99. The quantitative estimate of drug-likeness (QED) is 0.631. The van der Waals surface area contributed by atoms with Gasteiger partial charge in [0, 0.05) is 29.7 Å². The van der Waals surface area contributed by atoms with E-state index in [0.717, 1.165) is 36.5 Å². The van der Waals surface area contributed by atoms with Crippen molar-refractivity contribution in [1.82, 2.24) is 4.98 Å². The van der Waals surface area contributed by atoms with Crippen LogP contribution in [0.15, 0.2) is 36.5 Å². The van der Waals surface area contributed by atoms with Crippen LogP contribution in [0.3, 0.4) is 0 Å². The van der Waals surface area contributed by atoms with Crippen molar-refractivity contribution in [1.29, 1.82) is 0 Å². The first kappa shape index (κ1) is 11.2. The van der Waals surface area contributed by atoms with Crippen LogP contribution in [0.1, 0.15) is 12.8 Å². The van der Waals surface area contributed by atoms with E-state index in [1.165, 1.54) is 5.39 Å². The number of nitrogens with one attached hydrogen (secondary N) is 1. The fraction of sp³-hybridized carbons (Fsp3) is 0.308. The van der Waals surface area contributed by atoms with Gasteiger partial charge in [0.2, 0.25) is 0 Å². The maximum atomic E-state index is 5.64. The zero-order valence-corrected chi connectivity index (χ0v) is 9.87. The normalized spacial score (nSPS) is 10.6. The maximum absolute atomic E-state index is 5.64. The predicted octanol–water partition coefficient (Wildman–Crippen LogP) is 3.67. The summed E-state index contributed by atoms with van der Waals surface area (Å²) in [5.41, 5.74) is 2.19. The van der Waals surface area contributed by atoms with Gasteiger partial charge in [0.25, 0.3) is 0 Å². The molecule has 0 fully saturated rings. The summed E-state index contributed by atoms with van der Waals surface area (Å²) < 4.78 is 0. The number of hydrogen-bond donors (Lipinski definition) is 1. The Labute approximate surface area is 101 Å². The first-order valence-corrected chi connectivity index (χ1v) is 6.09. The summed E-state index contributed by atoms with van der Waals surface area (Å²) in [5, 5.41) is 4.60. The Bertz CT molecular complexity index is 451. The summed E-state index contributed by atoms with van der Waals surface area (Å²) in [7, 11) is 0. The van der Waals surface area contributed by atoms with Crippen LogP contribution in [0.5, 0.6) is 0 Å². The molecule has 0 amide bonds. The highest BCUT2D eigenvalue weighted by molar-refractivity contribution is 6.17. The number of alkyl halides is 1. The highest BCUT2D eigenvalue weighted by atomic mass is 35.5. The number of unbranched alkanes of at least 4 members (excludes halogenated alkanes) is 1. The van der Waals surface area contributed by atoms with Gasteiger partial charge < -0.3 is 5.32 Å². The Morgan fingerprint density at radius 3 is 2.88 bits per heavy atom. The van der Waals surface area contributed by atoms with Crippen molar-refractivity contribution in [2.45, 2.75) is 12.8 Å². The van der Waals surface area contributed by atoms with Gasteiger partial charge in [0.05, 0.1) is 5.52 Å². The molecule has 0 saturated carbocycles. The third-order valence-corrected chi connectivity index (χ3v) is 2.79. The number of nitrogens with zero attached hydrogens (tertiary/aromatic N) is 1. The molecule has 0 saturated heterocycles. The van der Waals surface area contributed by atoms with Crippen molar-refractivity contribution in [3.63, 3.8) is 0 Å². The summed E-state index contributed by atoms with van der Waals surface area (Å²) >= 11 is 5.64. The zero-order chi connectivity index (χ0) is 11.2. The number of halogens is 1. The van der Waals surface area contributed by atoms with Crippen LogP contribution in [0.4, 0.5) is 5.69 Å². The van der Waals surface area contributed by atoms with E-state index in [-0.39, 0.29) is 0 Å². The number of rotatable bonds is 5. The molecule has 1 aromatic carbocycles.